The molecule has 0 bridgehead atoms. The first-order chi connectivity index (χ1) is 5.11. The van der Waals surface area contributed by atoms with Crippen LogP contribution < -0.4 is 5.73 Å². The Balaban J connectivity index is 2.56. The molecule has 1 amide bonds. The third-order valence-electron chi connectivity index (χ3n) is 0.976. The smallest absolute Gasteiger partial charge is 0.374 e. The fourth-order valence-corrected chi connectivity index (χ4v) is 0.520. The van der Waals surface area contributed by atoms with Gasteiger partial charge in [-0.05, 0) is 0 Å². The molecule has 1 unspecified atom stereocenters. The minimum atomic E-state index is -1.30. The van der Waals surface area contributed by atoms with Crippen molar-refractivity contribution < 1.29 is 24.2 Å². The predicted molar refractivity (Wildman–Crippen MR) is 30.9 cm³/mol. The van der Waals surface area contributed by atoms with E-state index in [1.165, 1.54) is 0 Å². The monoisotopic (exact) mass is 159 g/mol. The summed E-state index contributed by atoms with van der Waals surface area (Å²) in [5, 5.41) is 8.29. The molecule has 0 saturated heterocycles. The molecule has 11 heavy (non-hydrogen) atoms. The van der Waals surface area contributed by atoms with Gasteiger partial charge in [-0.1, -0.05) is 0 Å². The molecule has 0 radical (unpaired) electrons. The number of primary amides is 1. The molecule has 0 spiro atoms. The number of carboxylic acids is 1. The van der Waals surface area contributed by atoms with Crippen LogP contribution in [-0.4, -0.2) is 23.3 Å². The third-order valence-corrected chi connectivity index (χ3v) is 0.976. The normalized spacial score (nSPS) is 21.5. The van der Waals surface area contributed by atoms with Crippen LogP contribution in [0.25, 0.3) is 0 Å². The molecule has 1 atom stereocenters. The summed E-state index contributed by atoms with van der Waals surface area (Å²) in [6.07, 6.45) is -0.473. The van der Waals surface area contributed by atoms with E-state index in [4.69, 9.17) is 10.8 Å². The van der Waals surface area contributed by atoms with Gasteiger partial charge in [-0.25, -0.2) is 4.79 Å². The zero-order valence-electron chi connectivity index (χ0n) is 5.31. The molecule has 1 rings (SSSR count). The fourth-order valence-electron chi connectivity index (χ4n) is 0.520. The third kappa shape index (κ3) is 1.40. The van der Waals surface area contributed by atoms with E-state index in [-0.39, 0.29) is 0 Å². The number of carbonyl (C=O) groups is 2. The van der Waals surface area contributed by atoms with Crippen LogP contribution in [0.3, 0.4) is 0 Å². The maximum atomic E-state index is 10.3. The maximum absolute atomic E-state index is 10.3. The van der Waals surface area contributed by atoms with Crippen molar-refractivity contribution in [3.8, 4) is 0 Å². The number of ether oxygens (including phenoxy) is 2. The van der Waals surface area contributed by atoms with E-state index in [0.717, 1.165) is 6.26 Å². The molecule has 0 aromatic heterocycles. The molecule has 0 aromatic rings. The second kappa shape index (κ2) is 2.49. The molecule has 0 aliphatic carbocycles. The van der Waals surface area contributed by atoms with Crippen molar-refractivity contribution >= 4 is 11.9 Å². The van der Waals surface area contributed by atoms with Gasteiger partial charge in [0.1, 0.15) is 6.26 Å². The minimum Gasteiger partial charge on any atom is -0.475 e. The number of hydrogen-bond acceptors (Lipinski definition) is 4. The van der Waals surface area contributed by atoms with Crippen LogP contribution in [0.2, 0.25) is 0 Å². The van der Waals surface area contributed by atoms with E-state index in [1.54, 1.807) is 0 Å². The van der Waals surface area contributed by atoms with Gasteiger partial charge in [0.15, 0.2) is 0 Å². The summed E-state index contributed by atoms with van der Waals surface area (Å²) in [6, 6.07) is 0. The first-order valence-corrected chi connectivity index (χ1v) is 2.66. The Hall–Kier alpha value is -1.72. The lowest BCUT2D eigenvalue weighted by molar-refractivity contribution is -0.147. The number of carbonyl (C=O) groups excluding carboxylic acids is 1. The Morgan fingerprint density at radius 1 is 1.64 bits per heavy atom. The highest BCUT2D eigenvalue weighted by molar-refractivity contribution is 5.86. The summed E-state index contributed by atoms with van der Waals surface area (Å²) < 4.78 is 8.90. The van der Waals surface area contributed by atoms with E-state index >= 15 is 0 Å². The average molecular weight is 159 g/mol. The van der Waals surface area contributed by atoms with Gasteiger partial charge in [-0.2, -0.15) is 0 Å². The topological polar surface area (TPSA) is 98.9 Å². The molecule has 3 N–H and O–H groups in total. The van der Waals surface area contributed by atoms with Crippen LogP contribution in [0.1, 0.15) is 0 Å². The van der Waals surface area contributed by atoms with E-state index in [1.807, 2.05) is 0 Å². The maximum Gasteiger partial charge on any atom is 0.374 e. The van der Waals surface area contributed by atoms with Crippen molar-refractivity contribution in [2.75, 3.05) is 0 Å². The lowest BCUT2D eigenvalue weighted by Crippen LogP contribution is -2.29. The molecule has 1 aliphatic heterocycles. The van der Waals surface area contributed by atoms with E-state index in [0.29, 0.717) is 0 Å². The Bertz CT molecular complexity index is 233. The Morgan fingerprint density at radius 3 is 2.55 bits per heavy atom. The summed E-state index contributed by atoms with van der Waals surface area (Å²) in [6.45, 7) is 0. The number of rotatable bonds is 2. The molecule has 6 heteroatoms. The van der Waals surface area contributed by atoms with Crippen molar-refractivity contribution in [3.63, 3.8) is 0 Å². The van der Waals surface area contributed by atoms with Gasteiger partial charge in [-0.3, -0.25) is 4.79 Å². The summed E-state index contributed by atoms with van der Waals surface area (Å²) >= 11 is 0. The predicted octanol–water partition coefficient (Wildman–Crippen LogP) is -1.23. The van der Waals surface area contributed by atoms with Gasteiger partial charge < -0.3 is 20.3 Å². The highest BCUT2D eigenvalue weighted by Crippen LogP contribution is 2.13. The van der Waals surface area contributed by atoms with Crippen LogP contribution in [-0.2, 0) is 19.1 Å². The highest BCUT2D eigenvalue weighted by Gasteiger charge is 2.28. The van der Waals surface area contributed by atoms with Crippen molar-refractivity contribution in [2.45, 2.75) is 6.29 Å². The number of carboxylic acid groups (broad SMARTS) is 1. The first-order valence-electron chi connectivity index (χ1n) is 2.66. The zero-order valence-corrected chi connectivity index (χ0v) is 5.31. The molecule has 0 fully saturated rings. The average Bonchev–Trinajstić information content (AvgIpc) is 2.33. The molecule has 60 valence electrons. The Kier molecular flexibility index (Phi) is 1.67. The van der Waals surface area contributed by atoms with Gasteiger partial charge in [0.25, 0.3) is 5.91 Å². The number of nitrogens with two attached hydrogens (primary N) is 1. The second-order valence-corrected chi connectivity index (χ2v) is 1.78. The zero-order chi connectivity index (χ0) is 8.43. The Labute approximate surface area is 61.2 Å². The molecule has 6 nitrogen and oxygen atoms in total. The minimum absolute atomic E-state index is 0.422. The lowest BCUT2D eigenvalue weighted by Gasteiger charge is -2.04. The number of aliphatic carboxylic acids is 1. The quantitative estimate of drug-likeness (QED) is 0.525. The fraction of sp³-hybridized carbons (Fsp3) is 0.200. The van der Waals surface area contributed by atoms with Gasteiger partial charge in [0.2, 0.25) is 5.76 Å². The molecule has 1 aliphatic rings. The van der Waals surface area contributed by atoms with E-state index in [2.05, 4.69) is 9.47 Å². The van der Waals surface area contributed by atoms with Gasteiger partial charge in [0.05, 0.1) is 0 Å². The van der Waals surface area contributed by atoms with E-state index < -0.39 is 23.9 Å². The summed E-state index contributed by atoms with van der Waals surface area (Å²) in [4.78, 5) is 20.5. The van der Waals surface area contributed by atoms with Crippen molar-refractivity contribution in [3.05, 3.63) is 12.0 Å². The molecule has 0 saturated carbocycles. The lowest BCUT2D eigenvalue weighted by atomic mass is 10.5. The van der Waals surface area contributed by atoms with Crippen LogP contribution in [0.4, 0.5) is 0 Å². The van der Waals surface area contributed by atoms with E-state index in [9.17, 15) is 9.59 Å². The van der Waals surface area contributed by atoms with Gasteiger partial charge >= 0.3 is 12.3 Å². The van der Waals surface area contributed by atoms with Gasteiger partial charge in [0, 0.05) is 0 Å². The molecule has 0 aromatic carbocycles. The highest BCUT2D eigenvalue weighted by atomic mass is 16.7. The summed E-state index contributed by atoms with van der Waals surface area (Å²) in [7, 11) is 0. The molecular weight excluding hydrogens is 154 g/mol. The summed E-state index contributed by atoms with van der Waals surface area (Å²) in [5.74, 6) is -2.58. The van der Waals surface area contributed by atoms with Crippen molar-refractivity contribution in [1.29, 1.82) is 0 Å². The van der Waals surface area contributed by atoms with Crippen LogP contribution >= 0.6 is 0 Å². The first kappa shape index (κ1) is 7.39. The molecule has 1 heterocycles. The van der Waals surface area contributed by atoms with Gasteiger partial charge in [-0.15, -0.1) is 0 Å². The molecular formula is C5H5NO5. The second-order valence-electron chi connectivity index (χ2n) is 1.78. The SMILES string of the molecule is NC(=O)C1OC=C(C(=O)O)O1. The van der Waals surface area contributed by atoms with Crippen molar-refractivity contribution in [2.24, 2.45) is 5.73 Å². The number of amides is 1. The van der Waals surface area contributed by atoms with Crippen molar-refractivity contribution in [1.82, 2.24) is 0 Å². The largest absolute Gasteiger partial charge is 0.475 e. The Morgan fingerprint density at radius 2 is 2.27 bits per heavy atom. The van der Waals surface area contributed by atoms with Crippen LogP contribution in [0, 0.1) is 0 Å². The number of hydrogen-bond donors (Lipinski definition) is 2. The van der Waals surface area contributed by atoms with Crippen LogP contribution in [0.15, 0.2) is 12.0 Å². The summed E-state index contributed by atoms with van der Waals surface area (Å²) in [5.41, 5.74) is 4.74. The van der Waals surface area contributed by atoms with Crippen LogP contribution in [0.5, 0.6) is 0 Å². The standard InChI is InChI=1S/C5H5NO5/c6-3(7)5-10-1-2(11-5)4(8)9/h1,5H,(H2,6,7)(H,8,9).